The molecule has 0 saturated carbocycles. The van der Waals surface area contributed by atoms with E-state index in [0.717, 1.165) is 16.3 Å². The first-order valence-electron chi connectivity index (χ1n) is 49.9. The number of unbranched alkanes of at least 4 members (excludes halogenated alkanes) is 5. The second-order valence-electron chi connectivity index (χ2n) is 37.2. The second kappa shape index (κ2) is 61.9. The smallest absolute Gasteiger partial charge is 0.340 e. The van der Waals surface area contributed by atoms with Gasteiger partial charge in [0, 0.05) is 220 Å². The van der Waals surface area contributed by atoms with Crippen LogP contribution in [0.25, 0.3) is 10.6 Å². The first-order valence-corrected chi connectivity index (χ1v) is 50.7. The van der Waals surface area contributed by atoms with E-state index in [4.69, 9.17) is 93.2 Å². The molecule has 0 aliphatic carbocycles. The highest BCUT2D eigenvalue weighted by Gasteiger charge is 2.54. The fourth-order valence-electron chi connectivity index (χ4n) is 17.4. The molecule has 5 aromatic rings. The molecule has 147 heavy (non-hydrogen) atoms. The monoisotopic (exact) mass is 2060 g/mol. The first-order chi connectivity index (χ1) is 70.1. The van der Waals surface area contributed by atoms with Crippen molar-refractivity contribution in [2.45, 2.75) is 216 Å². The number of carbonyl (C=O) groups is 13. The van der Waals surface area contributed by atoms with Gasteiger partial charge in [0.15, 0.2) is 64.7 Å². The molecule has 2 aromatic heterocycles. The van der Waals surface area contributed by atoms with E-state index < -0.39 is 143 Å². The molecule has 36 N–H and O–H groups in total. The van der Waals surface area contributed by atoms with Gasteiger partial charge >= 0.3 is 5.97 Å². The van der Waals surface area contributed by atoms with E-state index in [1.165, 1.54) is 23.7 Å². The lowest BCUT2D eigenvalue weighted by molar-refractivity contribution is -0.136. The Hall–Kier alpha value is -15.2. The number of carbonyl (C=O) groups excluding carboxylic acids is 13. The number of primary amides is 1. The van der Waals surface area contributed by atoms with Crippen molar-refractivity contribution in [2.24, 2.45) is 75.5 Å². The number of benzene rings is 3. The molecule has 1 spiro atoms. The number of nitrogens with zero attached hydrogens (tertiary/aromatic N) is 4. The Morgan fingerprint density at radius 1 is 0.374 bits per heavy atom. The average molecular weight is 2060 g/mol. The molecular formula is C99H150N32O15S. The normalized spacial score (nSPS) is 13.5. The lowest BCUT2D eigenvalue weighted by Crippen LogP contribution is -2.49. The van der Waals surface area contributed by atoms with E-state index in [1.807, 2.05) is 80.5 Å². The van der Waals surface area contributed by atoms with Crippen molar-refractivity contribution in [3.05, 3.63) is 118 Å². The Morgan fingerprint density at radius 2 is 0.735 bits per heavy atom. The number of esters is 1. The summed E-state index contributed by atoms with van der Waals surface area (Å²) in [6.07, 6.45) is 6.51. The SMILES string of the molecule is CN(C)c1ccc2c(c1)Oc1cc(N(C)C)ccc1C21OC(=O)c2cc(C(=O)NCCCC[C@@H](CC(=O)[C@@H](CCCNC(=N)N)NC(=O)[C@@H](CCCNC(=N)N)CC(=O)[C@@H](CCCNC(=N)N)NC(=O)[C@@H](CCCNC(=N)N)CC(=O)[C@@H](CCCNC(=N)N)NC(=O)[C@@H](CCCNC(=N)N)CC(=O)CCCCCNC(=O)[C@@H](CCCNC(=N)N)CC(=O)CCCCCNC(=O)c3ccc(-c4ccncn4)s3)C(N)=O)ccc21. The third kappa shape index (κ3) is 40.8. The van der Waals surface area contributed by atoms with Gasteiger partial charge in [-0.25, -0.2) is 14.8 Å². The summed E-state index contributed by atoms with van der Waals surface area (Å²) in [4.78, 5) is 199. The van der Waals surface area contributed by atoms with E-state index in [0.29, 0.717) is 110 Å². The number of fused-ring (bicyclic) bond motifs is 6. The van der Waals surface area contributed by atoms with Gasteiger partial charge in [-0.1, -0.05) is 25.3 Å². The molecule has 802 valence electrons. The molecule has 4 heterocycles. The molecule has 8 atom stereocenters. The van der Waals surface area contributed by atoms with Crippen LogP contribution in [0.2, 0.25) is 0 Å². The molecule has 0 fully saturated rings. The summed E-state index contributed by atoms with van der Waals surface area (Å²) in [5.41, 5.74) is 48.4. The summed E-state index contributed by atoms with van der Waals surface area (Å²) in [6, 6.07) is 17.3. The maximum Gasteiger partial charge on any atom is 0.340 e. The molecule has 0 saturated heterocycles. The highest BCUT2D eigenvalue weighted by molar-refractivity contribution is 7.17. The summed E-state index contributed by atoms with van der Waals surface area (Å²) < 4.78 is 12.9. The topological polar surface area (TPSA) is 804 Å². The lowest BCUT2D eigenvalue weighted by Gasteiger charge is -2.37. The zero-order valence-corrected chi connectivity index (χ0v) is 85.2. The van der Waals surface area contributed by atoms with Gasteiger partial charge in [-0.3, -0.25) is 95.4 Å². The van der Waals surface area contributed by atoms with Gasteiger partial charge in [0.2, 0.25) is 29.5 Å². The zero-order valence-electron chi connectivity index (χ0n) is 84.4. The highest BCUT2D eigenvalue weighted by atomic mass is 32.1. The van der Waals surface area contributed by atoms with Gasteiger partial charge in [-0.05, 0) is 183 Å². The number of nitrogens with two attached hydrogens (primary N) is 8. The summed E-state index contributed by atoms with van der Waals surface area (Å²) in [7, 11) is 7.60. The van der Waals surface area contributed by atoms with Crippen molar-refractivity contribution < 1.29 is 71.8 Å². The van der Waals surface area contributed by atoms with Gasteiger partial charge in [0.1, 0.15) is 29.4 Å². The van der Waals surface area contributed by atoms with Crippen LogP contribution < -0.4 is 130 Å². The molecule has 3 aromatic carbocycles. The van der Waals surface area contributed by atoms with Gasteiger partial charge in [0.25, 0.3) is 11.8 Å². The van der Waals surface area contributed by atoms with Crippen LogP contribution in [0, 0.1) is 67.5 Å². The number of hydrogen-bond donors (Lipinski definition) is 28. The maximum atomic E-state index is 15.2. The third-order valence-electron chi connectivity index (χ3n) is 25.3. The number of hydrogen-bond acceptors (Lipinski definition) is 27. The number of aromatic nitrogens is 2. The lowest BCUT2D eigenvalue weighted by atomic mass is 9.77. The standard InChI is InChI=1S/C99H150N32O15S/c1-130(2)65-31-34-71-80(56-65)145-81-57-66(131(3)4)32-35-72(81)99(71)70-33-30-64(52-69(70)91(144)146-99)86(139)117-41-12-9-20-59(84(100)137)53-77(134)73(27-17-46-123-96(109)110)128-88(141)62(23-15-44-121-94(105)106)55-79(136)75(29-19-48-125-98(113)114)129-89(142)63(24-16-45-122-95(107)108)54-78(135)74(28-18-47-124-97(111)112)127-87(140)61(22-14-43-120-93(103)104)51-68(133)26-7-5-10-39-116-85(138)60(21-13-42-119-92(101)102)50-67(132)25-8-6-11-40-118-90(143)83-37-36-82(147-83)76-38-49-115-58-126-76/h30-38,49,52,56-63,73-75H,5-29,39-48,50-51,53-55H2,1-4H3,(H2,100,137)(H,116,138)(H,117,139)(H,118,143)(H,127,140)(H,128,141)(H,129,142)(H4,101,102,119)(H4,103,104,120)(H4,105,106,121)(H4,107,108,122)(H4,109,110,123)(H4,111,112,124)(H4,113,114,125)/t59-,60-,61-,62-,63-,73+,74+,75+/m0/s1. The van der Waals surface area contributed by atoms with E-state index in [1.54, 1.807) is 30.5 Å². The molecule has 48 heteroatoms. The number of rotatable bonds is 71. The molecule has 7 amide bonds. The van der Waals surface area contributed by atoms with Crippen LogP contribution >= 0.6 is 11.3 Å². The fraction of sp³-hybridized carbons (Fsp3) is 0.535. The van der Waals surface area contributed by atoms with Gasteiger partial charge in [-0.15, -0.1) is 11.3 Å². The highest BCUT2D eigenvalue weighted by Crippen LogP contribution is 2.57. The molecule has 7 rings (SSSR count). The largest absolute Gasteiger partial charge is 0.456 e. The summed E-state index contributed by atoms with van der Waals surface area (Å²) in [5, 5.41) is 90.4. The third-order valence-corrected chi connectivity index (χ3v) is 26.4. The van der Waals surface area contributed by atoms with E-state index >= 15 is 19.2 Å². The Labute approximate surface area is 860 Å². The Balaban J connectivity index is 1.00. The van der Waals surface area contributed by atoms with Crippen LogP contribution in [0.1, 0.15) is 240 Å². The van der Waals surface area contributed by atoms with Crippen LogP contribution in [0.3, 0.4) is 0 Å². The molecular weight excluding hydrogens is 1910 g/mol. The number of nitrogens with one attached hydrogen (secondary N) is 20. The summed E-state index contributed by atoms with van der Waals surface area (Å²) in [5.74, 6) is -14.0. The predicted molar refractivity (Wildman–Crippen MR) is 562 cm³/mol. The molecule has 47 nitrogen and oxygen atoms in total. The minimum atomic E-state index is -1.42. The van der Waals surface area contributed by atoms with Crippen molar-refractivity contribution in [3.8, 4) is 22.1 Å². The number of ether oxygens (including phenoxy) is 2. The van der Waals surface area contributed by atoms with Crippen molar-refractivity contribution in [1.82, 2.24) is 79.1 Å². The molecule has 0 bridgehead atoms. The minimum absolute atomic E-state index is 0.0105. The van der Waals surface area contributed by atoms with Crippen LogP contribution in [-0.4, -0.2) is 240 Å². The maximum absolute atomic E-state index is 15.2. The van der Waals surface area contributed by atoms with Gasteiger partial charge < -0.3 is 134 Å². The van der Waals surface area contributed by atoms with Crippen LogP contribution in [-0.2, 0) is 58.3 Å². The number of thiophene rings is 1. The van der Waals surface area contributed by atoms with Crippen molar-refractivity contribution in [1.29, 1.82) is 37.9 Å². The first kappa shape index (κ1) is 119. The van der Waals surface area contributed by atoms with Crippen LogP contribution in [0.15, 0.2) is 85.3 Å². The Bertz CT molecular complexity index is 5330. The van der Waals surface area contributed by atoms with Crippen molar-refractivity contribution >= 4 is 141 Å². The van der Waals surface area contributed by atoms with E-state index in [9.17, 15) is 43.2 Å². The molecule has 2 aliphatic heterocycles. The van der Waals surface area contributed by atoms with Crippen LogP contribution in [0.4, 0.5) is 11.4 Å². The number of anilines is 2. The average Bonchev–Trinajstić information content (AvgIpc) is 1.56. The number of Topliss-reactive ketones (excluding diaryl/α,β-unsaturated/α-hetero) is 5. The van der Waals surface area contributed by atoms with Gasteiger partial charge in [-0.2, -0.15) is 0 Å². The van der Waals surface area contributed by atoms with Crippen LogP contribution in [0.5, 0.6) is 11.5 Å². The predicted octanol–water partition coefficient (Wildman–Crippen LogP) is 3.13. The molecule has 2 aliphatic rings. The van der Waals surface area contributed by atoms with Crippen molar-refractivity contribution in [2.75, 3.05) is 103 Å². The van der Waals surface area contributed by atoms with E-state index in [2.05, 4.69) is 79.1 Å². The zero-order chi connectivity index (χ0) is 108. The number of guanidine groups is 7. The Morgan fingerprint density at radius 3 is 1.13 bits per heavy atom. The fourth-order valence-corrected chi connectivity index (χ4v) is 18.3. The number of ketones is 5. The van der Waals surface area contributed by atoms with Crippen molar-refractivity contribution in [3.63, 3.8) is 0 Å². The minimum Gasteiger partial charge on any atom is -0.456 e. The Kier molecular flexibility index (Phi) is 50.0. The van der Waals surface area contributed by atoms with E-state index in [-0.39, 0.29) is 226 Å². The molecule has 0 radical (unpaired) electrons. The summed E-state index contributed by atoms with van der Waals surface area (Å²) in [6.45, 7) is 1.43. The van der Waals surface area contributed by atoms with Gasteiger partial charge in [0.05, 0.1) is 39.1 Å². The number of amides is 7. The quantitative estimate of drug-likeness (QED) is 0.0115. The summed E-state index contributed by atoms with van der Waals surface area (Å²) >= 11 is 1.32. The molecule has 0 unspecified atom stereocenters. The second-order valence-corrected chi connectivity index (χ2v) is 38.3.